The maximum Gasteiger partial charge on any atom is 0.251 e. The molecule has 2 N–H and O–H groups in total. The number of nitrogens with one attached hydrogen (secondary N) is 2. The van der Waals surface area contributed by atoms with Crippen LogP contribution in [0, 0.1) is 12.3 Å². The van der Waals surface area contributed by atoms with E-state index < -0.39 is 37.7 Å². The van der Waals surface area contributed by atoms with Crippen LogP contribution in [0.15, 0.2) is 29.2 Å². The van der Waals surface area contributed by atoms with E-state index in [1.54, 1.807) is 0 Å². The van der Waals surface area contributed by atoms with E-state index >= 15 is 0 Å². The standard InChI is InChI=1S/C17H21N3O6S2/c1-3-7-18-28(25,26)15-6-4-5-14(12-15)16(21)19-13(2)17(22)20-8-10-27(23,24)11-9-20/h1,4-6,12-13,18H,7-11H2,2H3,(H,19,21). The molecule has 0 saturated carbocycles. The van der Waals surface area contributed by atoms with Gasteiger partial charge < -0.3 is 10.2 Å². The lowest BCUT2D eigenvalue weighted by Crippen LogP contribution is -2.51. The Bertz CT molecular complexity index is 998. The van der Waals surface area contributed by atoms with Crippen LogP contribution in [-0.2, 0) is 24.7 Å². The van der Waals surface area contributed by atoms with Crippen molar-refractivity contribution in [2.24, 2.45) is 0 Å². The third-order valence-corrected chi connectivity index (χ3v) is 7.15. The van der Waals surface area contributed by atoms with Gasteiger partial charge in [0.05, 0.1) is 22.9 Å². The number of hydrogen-bond acceptors (Lipinski definition) is 6. The molecule has 2 amide bonds. The van der Waals surface area contributed by atoms with E-state index in [0.29, 0.717) is 0 Å². The van der Waals surface area contributed by atoms with Crippen molar-refractivity contribution in [3.05, 3.63) is 29.8 Å². The number of benzene rings is 1. The highest BCUT2D eigenvalue weighted by atomic mass is 32.2. The molecule has 1 saturated heterocycles. The summed E-state index contributed by atoms with van der Waals surface area (Å²) in [4.78, 5) is 26.1. The van der Waals surface area contributed by atoms with Crippen molar-refractivity contribution in [3.63, 3.8) is 0 Å². The van der Waals surface area contributed by atoms with Gasteiger partial charge in [-0.1, -0.05) is 12.0 Å². The lowest BCUT2D eigenvalue weighted by Gasteiger charge is -2.29. The number of carbonyl (C=O) groups excluding carboxylic acids is 2. The fourth-order valence-electron chi connectivity index (χ4n) is 2.57. The summed E-state index contributed by atoms with van der Waals surface area (Å²) in [5.41, 5.74) is 0.0597. The van der Waals surface area contributed by atoms with E-state index in [-0.39, 0.29) is 41.6 Å². The fraction of sp³-hybridized carbons (Fsp3) is 0.412. The monoisotopic (exact) mass is 427 g/mol. The van der Waals surface area contributed by atoms with Crippen LogP contribution >= 0.6 is 0 Å². The molecule has 1 heterocycles. The minimum Gasteiger partial charge on any atom is -0.341 e. The Morgan fingerprint density at radius 3 is 2.54 bits per heavy atom. The van der Waals surface area contributed by atoms with E-state index in [9.17, 15) is 26.4 Å². The molecule has 152 valence electrons. The highest BCUT2D eigenvalue weighted by Gasteiger charge is 2.28. The van der Waals surface area contributed by atoms with Crippen LogP contribution < -0.4 is 10.0 Å². The van der Waals surface area contributed by atoms with Crippen molar-refractivity contribution in [3.8, 4) is 12.3 Å². The van der Waals surface area contributed by atoms with Gasteiger partial charge in [-0.2, -0.15) is 4.72 Å². The lowest BCUT2D eigenvalue weighted by atomic mass is 10.2. The highest BCUT2D eigenvalue weighted by Crippen LogP contribution is 2.12. The van der Waals surface area contributed by atoms with Crippen molar-refractivity contribution in [2.75, 3.05) is 31.1 Å². The molecule has 0 aliphatic carbocycles. The van der Waals surface area contributed by atoms with Gasteiger partial charge in [0.2, 0.25) is 15.9 Å². The summed E-state index contributed by atoms with van der Waals surface area (Å²) in [5, 5.41) is 2.51. The summed E-state index contributed by atoms with van der Waals surface area (Å²) in [6.07, 6.45) is 5.04. The first-order chi connectivity index (χ1) is 13.1. The van der Waals surface area contributed by atoms with Crippen molar-refractivity contribution in [1.29, 1.82) is 0 Å². The molecule has 28 heavy (non-hydrogen) atoms. The van der Waals surface area contributed by atoms with Crippen LogP contribution in [0.25, 0.3) is 0 Å². The largest absolute Gasteiger partial charge is 0.341 e. The molecular weight excluding hydrogens is 406 g/mol. The Labute approximate surface area is 164 Å². The van der Waals surface area contributed by atoms with Crippen molar-refractivity contribution < 1.29 is 26.4 Å². The van der Waals surface area contributed by atoms with Crippen molar-refractivity contribution >= 4 is 31.7 Å². The number of rotatable bonds is 6. The van der Waals surface area contributed by atoms with Gasteiger partial charge in [0, 0.05) is 18.7 Å². The van der Waals surface area contributed by atoms with Crippen molar-refractivity contribution in [2.45, 2.75) is 17.9 Å². The molecule has 0 aromatic heterocycles. The Kier molecular flexibility index (Phi) is 6.82. The molecule has 1 aromatic rings. The summed E-state index contributed by atoms with van der Waals surface area (Å²) >= 11 is 0. The average molecular weight is 428 g/mol. The SMILES string of the molecule is C#CCNS(=O)(=O)c1cccc(C(=O)NC(C)C(=O)N2CCS(=O)(=O)CC2)c1. The second-order valence-corrected chi connectivity index (χ2v) is 10.3. The average Bonchev–Trinajstić information content (AvgIpc) is 2.66. The van der Waals surface area contributed by atoms with Gasteiger partial charge in [0.15, 0.2) is 9.84 Å². The first kappa shape index (κ1) is 21.9. The van der Waals surface area contributed by atoms with Crippen LogP contribution in [-0.4, -0.2) is 70.7 Å². The van der Waals surface area contributed by atoms with Crippen molar-refractivity contribution in [1.82, 2.24) is 14.9 Å². The summed E-state index contributed by atoms with van der Waals surface area (Å²) in [5.74, 6) is 0.916. The molecular formula is C17H21N3O6S2. The molecule has 0 bridgehead atoms. The van der Waals surface area contributed by atoms with Gasteiger partial charge in [-0.3, -0.25) is 9.59 Å². The zero-order valence-electron chi connectivity index (χ0n) is 15.2. The lowest BCUT2D eigenvalue weighted by molar-refractivity contribution is -0.132. The first-order valence-electron chi connectivity index (χ1n) is 8.39. The van der Waals surface area contributed by atoms with Gasteiger partial charge >= 0.3 is 0 Å². The number of nitrogens with zero attached hydrogens (tertiary/aromatic N) is 1. The van der Waals surface area contributed by atoms with Crippen LogP contribution in [0.3, 0.4) is 0 Å². The molecule has 1 atom stereocenters. The van der Waals surface area contributed by atoms with Gasteiger partial charge in [-0.05, 0) is 25.1 Å². The zero-order valence-corrected chi connectivity index (χ0v) is 16.8. The number of sulfonamides is 1. The molecule has 1 aliphatic heterocycles. The van der Waals surface area contributed by atoms with Crippen LogP contribution in [0.4, 0.5) is 0 Å². The maximum atomic E-state index is 12.4. The van der Waals surface area contributed by atoms with Crippen LogP contribution in [0.2, 0.25) is 0 Å². The van der Waals surface area contributed by atoms with Gasteiger partial charge in [0.25, 0.3) is 5.91 Å². The van der Waals surface area contributed by atoms with Gasteiger partial charge in [-0.25, -0.2) is 16.8 Å². The van der Waals surface area contributed by atoms with E-state index in [4.69, 9.17) is 6.42 Å². The smallest absolute Gasteiger partial charge is 0.251 e. The van der Waals surface area contributed by atoms with E-state index in [1.807, 2.05) is 0 Å². The van der Waals surface area contributed by atoms with Gasteiger partial charge in [0.1, 0.15) is 6.04 Å². The van der Waals surface area contributed by atoms with Crippen LogP contribution in [0.5, 0.6) is 0 Å². The Morgan fingerprint density at radius 1 is 1.29 bits per heavy atom. The summed E-state index contributed by atoms with van der Waals surface area (Å²) in [6, 6.07) is 4.42. The number of amides is 2. The minimum absolute atomic E-state index is 0.0597. The predicted octanol–water partition coefficient (Wildman–Crippen LogP) is -1.03. The molecule has 0 spiro atoms. The third kappa shape index (κ3) is 5.54. The quantitative estimate of drug-likeness (QED) is 0.559. The number of sulfone groups is 1. The predicted molar refractivity (Wildman–Crippen MR) is 103 cm³/mol. The maximum absolute atomic E-state index is 12.4. The first-order valence-corrected chi connectivity index (χ1v) is 11.7. The van der Waals surface area contributed by atoms with E-state index in [1.165, 1.54) is 36.1 Å². The summed E-state index contributed by atoms with van der Waals surface area (Å²) < 4.78 is 49.3. The second kappa shape index (κ2) is 8.72. The molecule has 1 unspecified atom stereocenters. The minimum atomic E-state index is -3.86. The molecule has 1 aliphatic rings. The number of hydrogen-bond donors (Lipinski definition) is 2. The Hall–Kier alpha value is -2.42. The summed E-state index contributed by atoms with van der Waals surface area (Å²) in [7, 11) is -6.98. The molecule has 1 aromatic carbocycles. The third-order valence-electron chi connectivity index (χ3n) is 4.14. The number of terminal acetylenes is 1. The Morgan fingerprint density at radius 2 is 1.93 bits per heavy atom. The zero-order chi connectivity index (χ0) is 20.9. The Balaban J connectivity index is 2.05. The molecule has 2 rings (SSSR count). The fourth-order valence-corrected chi connectivity index (χ4v) is 4.75. The van der Waals surface area contributed by atoms with Gasteiger partial charge in [-0.15, -0.1) is 6.42 Å². The second-order valence-electron chi connectivity index (χ2n) is 6.23. The highest BCUT2D eigenvalue weighted by molar-refractivity contribution is 7.91. The normalized spacial score (nSPS) is 17.4. The summed E-state index contributed by atoms with van der Waals surface area (Å²) in [6.45, 7) is 1.46. The topological polar surface area (TPSA) is 130 Å². The molecule has 11 heteroatoms. The van der Waals surface area contributed by atoms with Crippen LogP contribution in [0.1, 0.15) is 17.3 Å². The molecule has 1 fully saturated rings. The van der Waals surface area contributed by atoms with E-state index in [0.717, 1.165) is 0 Å². The van der Waals surface area contributed by atoms with E-state index in [2.05, 4.69) is 16.0 Å². The molecule has 9 nitrogen and oxygen atoms in total. The number of carbonyl (C=O) groups is 2. The molecule has 0 radical (unpaired) electrons.